The van der Waals surface area contributed by atoms with Gasteiger partial charge in [-0.2, -0.15) is 0 Å². The minimum Gasteiger partial charge on any atom is -0.356 e. The molecule has 0 atom stereocenters. The molecule has 0 unspecified atom stereocenters. The quantitative estimate of drug-likeness (QED) is 0.294. The molecular formula is C17H29ClIN5. The van der Waals surface area contributed by atoms with Crippen LogP contribution in [0, 0.1) is 0 Å². The first kappa shape index (κ1) is 21.4. The lowest BCUT2D eigenvalue weighted by Gasteiger charge is -2.20. The topological polar surface area (TPSA) is 52.6 Å². The van der Waals surface area contributed by atoms with E-state index in [0.717, 1.165) is 32.0 Å². The largest absolute Gasteiger partial charge is 0.356 e. The van der Waals surface area contributed by atoms with Crippen molar-refractivity contribution < 1.29 is 0 Å². The number of guanidine groups is 1. The van der Waals surface area contributed by atoms with Crippen LogP contribution < -0.4 is 10.6 Å². The van der Waals surface area contributed by atoms with Gasteiger partial charge in [-0.3, -0.25) is 4.99 Å². The van der Waals surface area contributed by atoms with Gasteiger partial charge in [0.2, 0.25) is 0 Å². The second-order valence-corrected chi connectivity index (χ2v) is 6.31. The van der Waals surface area contributed by atoms with Crippen molar-refractivity contribution in [3.63, 3.8) is 0 Å². The van der Waals surface area contributed by atoms with Gasteiger partial charge in [0, 0.05) is 32.9 Å². The van der Waals surface area contributed by atoms with Crippen molar-refractivity contribution in [3.8, 4) is 0 Å². The summed E-state index contributed by atoms with van der Waals surface area (Å²) in [5.41, 5.74) is 1.17. The predicted molar refractivity (Wildman–Crippen MR) is 113 cm³/mol. The molecule has 0 aromatic carbocycles. The van der Waals surface area contributed by atoms with Gasteiger partial charge in [0.05, 0.1) is 0 Å². The lowest BCUT2D eigenvalue weighted by molar-refractivity contribution is 0.289. The Hall–Kier alpha value is -0.600. The third-order valence-corrected chi connectivity index (χ3v) is 4.36. The highest BCUT2D eigenvalue weighted by Gasteiger charge is 2.08. The van der Waals surface area contributed by atoms with E-state index < -0.39 is 0 Å². The summed E-state index contributed by atoms with van der Waals surface area (Å²) >= 11 is 5.79. The third-order valence-electron chi connectivity index (χ3n) is 4.14. The van der Waals surface area contributed by atoms with Gasteiger partial charge in [0.15, 0.2) is 5.96 Å². The highest BCUT2D eigenvalue weighted by Crippen LogP contribution is 2.08. The summed E-state index contributed by atoms with van der Waals surface area (Å²) in [5.74, 6) is 0.863. The van der Waals surface area contributed by atoms with Crippen LogP contribution in [0.1, 0.15) is 31.2 Å². The molecule has 0 saturated carbocycles. The van der Waals surface area contributed by atoms with Crippen LogP contribution in [-0.4, -0.2) is 55.6 Å². The Morgan fingerprint density at radius 1 is 1.17 bits per heavy atom. The Morgan fingerprint density at radius 2 is 1.88 bits per heavy atom. The number of rotatable bonds is 6. The van der Waals surface area contributed by atoms with Gasteiger partial charge in [-0.05, 0) is 44.0 Å². The SMILES string of the molecule is CN=C(NCCc1ccc(Cl)nc1)NCCN1CCCCCC1.I. The summed E-state index contributed by atoms with van der Waals surface area (Å²) in [7, 11) is 1.81. The Kier molecular flexibility index (Phi) is 11.4. The van der Waals surface area contributed by atoms with E-state index >= 15 is 0 Å². The van der Waals surface area contributed by atoms with E-state index in [0.29, 0.717) is 5.15 Å². The van der Waals surface area contributed by atoms with Gasteiger partial charge in [0.1, 0.15) is 5.15 Å². The second-order valence-electron chi connectivity index (χ2n) is 5.92. The maximum atomic E-state index is 5.79. The summed E-state index contributed by atoms with van der Waals surface area (Å²) in [6.07, 6.45) is 8.15. The second kappa shape index (κ2) is 12.7. The Labute approximate surface area is 167 Å². The van der Waals surface area contributed by atoms with Gasteiger partial charge in [-0.1, -0.05) is 30.5 Å². The molecule has 5 nitrogen and oxygen atoms in total. The van der Waals surface area contributed by atoms with Crippen LogP contribution >= 0.6 is 35.6 Å². The number of nitrogens with one attached hydrogen (secondary N) is 2. The number of halogens is 2. The molecule has 24 heavy (non-hydrogen) atoms. The van der Waals surface area contributed by atoms with Crippen LogP contribution in [0.2, 0.25) is 5.15 Å². The predicted octanol–water partition coefficient (Wildman–Crippen LogP) is 2.94. The van der Waals surface area contributed by atoms with Crippen LogP contribution in [0.4, 0.5) is 0 Å². The zero-order valence-electron chi connectivity index (χ0n) is 14.4. The fourth-order valence-electron chi connectivity index (χ4n) is 2.79. The summed E-state index contributed by atoms with van der Waals surface area (Å²) in [4.78, 5) is 10.9. The summed E-state index contributed by atoms with van der Waals surface area (Å²) < 4.78 is 0. The van der Waals surface area contributed by atoms with Crippen molar-refractivity contribution in [2.75, 3.05) is 39.8 Å². The molecule has 1 aliphatic rings. The lowest BCUT2D eigenvalue weighted by Crippen LogP contribution is -2.42. The van der Waals surface area contributed by atoms with Crippen molar-refractivity contribution in [1.29, 1.82) is 0 Å². The lowest BCUT2D eigenvalue weighted by atomic mass is 10.2. The molecule has 0 aliphatic carbocycles. The summed E-state index contributed by atoms with van der Waals surface area (Å²) in [6.45, 7) is 5.31. The normalized spacial score (nSPS) is 16.2. The molecule has 0 spiro atoms. The first-order valence-corrected chi connectivity index (χ1v) is 8.93. The molecule has 2 N–H and O–H groups in total. The van der Waals surface area contributed by atoms with Crippen molar-refractivity contribution in [2.24, 2.45) is 4.99 Å². The van der Waals surface area contributed by atoms with Gasteiger partial charge in [0.25, 0.3) is 0 Å². The van der Waals surface area contributed by atoms with E-state index in [9.17, 15) is 0 Å². The molecule has 7 heteroatoms. The van der Waals surface area contributed by atoms with Crippen molar-refractivity contribution in [2.45, 2.75) is 32.1 Å². The average Bonchev–Trinajstić information content (AvgIpc) is 2.84. The molecule has 0 bridgehead atoms. The highest BCUT2D eigenvalue weighted by atomic mass is 127. The molecule has 1 saturated heterocycles. The van der Waals surface area contributed by atoms with Crippen molar-refractivity contribution >= 4 is 41.5 Å². The molecule has 136 valence electrons. The number of aliphatic imine (C=N–C) groups is 1. The number of likely N-dealkylation sites (tertiary alicyclic amines) is 1. The van der Waals surface area contributed by atoms with E-state index in [2.05, 4.69) is 25.5 Å². The standard InChI is InChI=1S/C17H28ClN5.HI/c1-19-17(20-9-8-15-6-7-16(18)22-14-15)21-10-13-23-11-4-2-3-5-12-23;/h6-7,14H,2-5,8-13H2,1H3,(H2,19,20,21);1H. The van der Waals surface area contributed by atoms with Crippen molar-refractivity contribution in [1.82, 2.24) is 20.5 Å². The summed E-state index contributed by atoms with van der Waals surface area (Å²) in [5, 5.41) is 7.27. The minimum absolute atomic E-state index is 0. The van der Waals surface area contributed by atoms with Gasteiger partial charge in [-0.15, -0.1) is 24.0 Å². The fourth-order valence-corrected chi connectivity index (χ4v) is 2.90. The number of aromatic nitrogens is 1. The molecular weight excluding hydrogens is 437 g/mol. The Bertz CT molecular complexity index is 472. The van der Waals surface area contributed by atoms with Gasteiger partial charge < -0.3 is 15.5 Å². The maximum absolute atomic E-state index is 5.79. The van der Waals surface area contributed by atoms with Crippen LogP contribution in [-0.2, 0) is 6.42 Å². The molecule has 0 radical (unpaired) electrons. The van der Waals surface area contributed by atoms with E-state index in [1.165, 1.54) is 44.3 Å². The number of hydrogen-bond donors (Lipinski definition) is 2. The molecule has 2 rings (SSSR count). The van der Waals surface area contributed by atoms with Crippen LogP contribution in [0.3, 0.4) is 0 Å². The number of pyridine rings is 1. The third kappa shape index (κ3) is 8.48. The average molecular weight is 466 g/mol. The number of hydrogen-bond acceptors (Lipinski definition) is 3. The fraction of sp³-hybridized carbons (Fsp3) is 0.647. The van der Waals surface area contributed by atoms with E-state index in [1.807, 2.05) is 25.4 Å². The molecule has 1 aliphatic heterocycles. The van der Waals surface area contributed by atoms with Gasteiger partial charge >= 0.3 is 0 Å². The first-order valence-electron chi connectivity index (χ1n) is 8.55. The van der Waals surface area contributed by atoms with Crippen LogP contribution in [0.25, 0.3) is 0 Å². The minimum atomic E-state index is 0. The van der Waals surface area contributed by atoms with Gasteiger partial charge in [-0.25, -0.2) is 4.98 Å². The highest BCUT2D eigenvalue weighted by molar-refractivity contribution is 14.0. The molecule has 2 heterocycles. The van der Waals surface area contributed by atoms with E-state index in [4.69, 9.17) is 11.6 Å². The van der Waals surface area contributed by atoms with Crippen LogP contribution in [0.5, 0.6) is 0 Å². The summed E-state index contributed by atoms with van der Waals surface area (Å²) in [6, 6.07) is 3.83. The Balaban J connectivity index is 0.00000288. The molecule has 1 aromatic rings. The van der Waals surface area contributed by atoms with E-state index in [1.54, 1.807) is 0 Å². The molecule has 1 fully saturated rings. The van der Waals surface area contributed by atoms with Crippen molar-refractivity contribution in [3.05, 3.63) is 29.0 Å². The molecule has 0 amide bonds. The zero-order chi connectivity index (χ0) is 16.3. The molecule has 1 aromatic heterocycles. The zero-order valence-corrected chi connectivity index (χ0v) is 17.5. The number of nitrogens with zero attached hydrogens (tertiary/aromatic N) is 3. The van der Waals surface area contributed by atoms with Crippen LogP contribution in [0.15, 0.2) is 23.3 Å². The monoisotopic (exact) mass is 465 g/mol. The Morgan fingerprint density at radius 3 is 2.50 bits per heavy atom. The maximum Gasteiger partial charge on any atom is 0.191 e. The smallest absolute Gasteiger partial charge is 0.191 e. The van der Waals surface area contributed by atoms with E-state index in [-0.39, 0.29) is 24.0 Å². The first-order chi connectivity index (χ1) is 11.3.